The number of carbonyl (C=O) groups excluding carboxylic acids is 3. The Hall–Kier alpha value is -5.90. The second-order valence-electron chi connectivity index (χ2n) is 16.6. The molecular formula is C60H72N2O5S2. The number of aliphatic carboxylic acids is 1. The number of thioether (sulfide) groups is 2. The second-order valence-corrected chi connectivity index (χ2v) is 19.1. The fraction of sp³-hybridized carbons (Fsp3) is 0.333. The molecule has 6 rings (SSSR count). The molecule has 0 aromatic heterocycles. The van der Waals surface area contributed by atoms with E-state index in [1.165, 1.54) is 31.0 Å². The highest BCUT2D eigenvalue weighted by Crippen LogP contribution is 2.50. The lowest BCUT2D eigenvalue weighted by Gasteiger charge is -2.37. The largest absolute Gasteiger partial charge is 0.480 e. The van der Waals surface area contributed by atoms with Crippen molar-refractivity contribution in [1.29, 1.82) is 0 Å². The Labute approximate surface area is 420 Å². The van der Waals surface area contributed by atoms with Crippen molar-refractivity contribution < 1.29 is 24.3 Å². The molecule has 0 aliphatic carbocycles. The molecule has 364 valence electrons. The average Bonchev–Trinajstić information content (AvgIpc) is 3.40. The lowest BCUT2D eigenvalue weighted by Crippen LogP contribution is -2.43. The average molecular weight is 965 g/mol. The van der Waals surface area contributed by atoms with Crippen LogP contribution in [0.5, 0.6) is 0 Å². The summed E-state index contributed by atoms with van der Waals surface area (Å²) >= 11 is 3.28. The van der Waals surface area contributed by atoms with Crippen LogP contribution in [0.2, 0.25) is 0 Å². The molecule has 0 heterocycles. The zero-order valence-electron chi connectivity index (χ0n) is 41.4. The van der Waals surface area contributed by atoms with Crippen LogP contribution >= 0.6 is 23.5 Å². The van der Waals surface area contributed by atoms with Crippen molar-refractivity contribution in [2.24, 2.45) is 5.92 Å². The van der Waals surface area contributed by atoms with Crippen LogP contribution in [0.3, 0.4) is 0 Å². The highest BCUT2D eigenvalue weighted by molar-refractivity contribution is 8.01. The van der Waals surface area contributed by atoms with E-state index in [0.29, 0.717) is 25.3 Å². The van der Waals surface area contributed by atoms with E-state index < -0.39 is 21.5 Å². The first-order valence-electron chi connectivity index (χ1n) is 24.5. The minimum atomic E-state index is -1.03. The van der Waals surface area contributed by atoms with Gasteiger partial charge in [-0.1, -0.05) is 229 Å². The predicted octanol–water partition coefficient (Wildman–Crippen LogP) is 13.5. The fourth-order valence-electron chi connectivity index (χ4n) is 8.23. The standard InChI is InChI=1S/C30H35NO2S.C25H25NO3S.C5H12/c1-4-28(32)22-24(29(33)31(5-2)6-3)23-34-30(25-16-10-7-11-17-25,26-18-12-8-13-19-26)27-20-14-9-15-21-27;1-2-23(27)26-22(24(28)29)18-30-25(19-12-6-3-7-13-19,20-14-8-4-9-15-20)21-16-10-5-11-17-21;1-3-5-4-2/h7-21,24H,4-6,22-23H2,1-3H3;3-17,22H,2,18H2,1H3,(H,26,27)(H,28,29);3-5H2,1-2H3/t24-;22-;/m00./s1. The predicted molar refractivity (Wildman–Crippen MR) is 290 cm³/mol. The van der Waals surface area contributed by atoms with Gasteiger partial charge in [0.15, 0.2) is 0 Å². The quantitative estimate of drug-likeness (QED) is 0.0617. The smallest absolute Gasteiger partial charge is 0.327 e. The number of carbonyl (C=O) groups is 4. The molecule has 0 saturated carbocycles. The van der Waals surface area contributed by atoms with Crippen molar-refractivity contribution in [3.05, 3.63) is 215 Å². The number of nitrogens with one attached hydrogen (secondary N) is 1. The van der Waals surface area contributed by atoms with Crippen LogP contribution < -0.4 is 5.32 Å². The Morgan fingerprint density at radius 3 is 1.06 bits per heavy atom. The third-order valence-corrected chi connectivity index (χ3v) is 15.4. The van der Waals surface area contributed by atoms with Crippen LogP contribution in [-0.2, 0) is 28.7 Å². The summed E-state index contributed by atoms with van der Waals surface area (Å²) in [5, 5.41) is 12.3. The third-order valence-electron chi connectivity index (χ3n) is 12.0. The number of rotatable bonds is 23. The molecule has 0 saturated heterocycles. The summed E-state index contributed by atoms with van der Waals surface area (Å²) in [5.41, 5.74) is 6.64. The number of hydrogen-bond donors (Lipinski definition) is 2. The number of carboxylic acid groups (broad SMARTS) is 1. The van der Waals surface area contributed by atoms with Crippen LogP contribution in [0.4, 0.5) is 0 Å². The number of ketones is 1. The van der Waals surface area contributed by atoms with E-state index in [0.717, 1.165) is 33.4 Å². The summed E-state index contributed by atoms with van der Waals surface area (Å²) in [6.07, 6.45) is 5.06. The maximum absolute atomic E-state index is 13.4. The Bertz CT molecular complexity index is 2190. The summed E-state index contributed by atoms with van der Waals surface area (Å²) in [6, 6.07) is 60.7. The van der Waals surface area contributed by atoms with Crippen LogP contribution in [0, 0.1) is 5.92 Å². The number of amides is 2. The highest BCUT2D eigenvalue weighted by Gasteiger charge is 2.40. The van der Waals surface area contributed by atoms with E-state index in [9.17, 15) is 24.3 Å². The van der Waals surface area contributed by atoms with E-state index in [-0.39, 0.29) is 42.1 Å². The third kappa shape index (κ3) is 15.6. The number of carboxylic acids is 1. The molecular weight excluding hydrogens is 893 g/mol. The Morgan fingerprint density at radius 2 is 0.812 bits per heavy atom. The number of unbranched alkanes of at least 4 members (excludes halogenated alkanes) is 2. The van der Waals surface area contributed by atoms with Crippen molar-refractivity contribution >= 4 is 47.1 Å². The summed E-state index contributed by atoms with van der Waals surface area (Å²) in [6.45, 7) is 13.3. The van der Waals surface area contributed by atoms with Gasteiger partial charge in [-0.15, -0.1) is 23.5 Å². The normalized spacial score (nSPS) is 11.9. The highest BCUT2D eigenvalue weighted by atomic mass is 32.2. The molecule has 2 N–H and O–H groups in total. The zero-order chi connectivity index (χ0) is 49.9. The van der Waals surface area contributed by atoms with Gasteiger partial charge in [-0.2, -0.15) is 0 Å². The molecule has 0 aliphatic rings. The van der Waals surface area contributed by atoms with Gasteiger partial charge >= 0.3 is 5.97 Å². The Balaban J connectivity index is 0.000000275. The van der Waals surface area contributed by atoms with Gasteiger partial charge in [-0.05, 0) is 47.2 Å². The van der Waals surface area contributed by atoms with Gasteiger partial charge in [0.1, 0.15) is 11.8 Å². The van der Waals surface area contributed by atoms with Crippen LogP contribution in [0.1, 0.15) is 113 Å². The van der Waals surface area contributed by atoms with E-state index in [2.05, 4.69) is 128 Å². The first-order chi connectivity index (χ1) is 33.6. The van der Waals surface area contributed by atoms with E-state index >= 15 is 0 Å². The summed E-state index contributed by atoms with van der Waals surface area (Å²) < 4.78 is -1.12. The molecule has 6 aromatic carbocycles. The lowest BCUT2D eigenvalue weighted by molar-refractivity contribution is -0.141. The summed E-state index contributed by atoms with van der Waals surface area (Å²) in [5.74, 6) is -0.675. The van der Waals surface area contributed by atoms with Gasteiger partial charge < -0.3 is 15.3 Å². The van der Waals surface area contributed by atoms with Crippen molar-refractivity contribution in [3.8, 4) is 0 Å². The van der Waals surface area contributed by atoms with E-state index in [4.69, 9.17) is 0 Å². The molecule has 2 atom stereocenters. The topological polar surface area (TPSA) is 104 Å². The molecule has 0 spiro atoms. The second kappa shape index (κ2) is 29.9. The van der Waals surface area contributed by atoms with E-state index in [1.807, 2.05) is 98.5 Å². The van der Waals surface area contributed by atoms with Crippen molar-refractivity contribution in [3.63, 3.8) is 0 Å². The first-order valence-corrected chi connectivity index (χ1v) is 26.5. The minimum Gasteiger partial charge on any atom is -0.480 e. The molecule has 6 aromatic rings. The molecule has 2 amide bonds. The monoisotopic (exact) mass is 964 g/mol. The van der Waals surface area contributed by atoms with Crippen molar-refractivity contribution in [2.75, 3.05) is 24.6 Å². The van der Waals surface area contributed by atoms with Crippen molar-refractivity contribution in [1.82, 2.24) is 10.2 Å². The fourth-order valence-corrected chi connectivity index (χ4v) is 11.4. The lowest BCUT2D eigenvalue weighted by atomic mass is 9.84. The molecule has 0 bridgehead atoms. The van der Waals surface area contributed by atoms with Gasteiger partial charge in [0.2, 0.25) is 11.8 Å². The number of nitrogens with zero attached hydrogens (tertiary/aromatic N) is 1. The number of benzene rings is 6. The number of hydrogen-bond acceptors (Lipinski definition) is 6. The van der Waals surface area contributed by atoms with Gasteiger partial charge in [0.05, 0.1) is 15.4 Å². The maximum Gasteiger partial charge on any atom is 0.327 e. The molecule has 0 fully saturated rings. The summed E-state index contributed by atoms with van der Waals surface area (Å²) in [7, 11) is 0. The molecule has 7 nitrogen and oxygen atoms in total. The minimum absolute atomic E-state index is 0.0717. The SMILES string of the molecule is CCC(=O)C[C@@H](CSC(c1ccccc1)(c1ccccc1)c1ccccc1)C(=O)N(CC)CC.CCC(=O)N[C@@H](CSC(c1ccccc1)(c1ccccc1)c1ccccc1)C(=O)O.CCCCC. The van der Waals surface area contributed by atoms with E-state index in [1.54, 1.807) is 18.7 Å². The summed E-state index contributed by atoms with van der Waals surface area (Å²) in [4.78, 5) is 51.5. The first kappa shape index (κ1) is 55.7. The Morgan fingerprint density at radius 1 is 0.493 bits per heavy atom. The molecule has 0 aliphatic heterocycles. The van der Waals surface area contributed by atoms with Crippen molar-refractivity contribution in [2.45, 2.75) is 95.6 Å². The van der Waals surface area contributed by atoms with Crippen LogP contribution in [0.25, 0.3) is 0 Å². The molecule has 0 unspecified atom stereocenters. The van der Waals surface area contributed by atoms with Gasteiger partial charge in [-0.3, -0.25) is 14.4 Å². The van der Waals surface area contributed by atoms with Crippen LogP contribution in [-0.4, -0.2) is 64.2 Å². The molecule has 0 radical (unpaired) electrons. The van der Waals surface area contributed by atoms with Crippen LogP contribution in [0.15, 0.2) is 182 Å². The zero-order valence-corrected chi connectivity index (χ0v) is 43.0. The number of Topliss-reactive ketones (excluding diaryl/α,β-unsaturated/α-hetero) is 1. The maximum atomic E-state index is 13.4. The van der Waals surface area contributed by atoms with Gasteiger partial charge in [-0.25, -0.2) is 4.79 Å². The Kier molecular flexibility index (Phi) is 24.1. The molecule has 9 heteroatoms. The van der Waals surface area contributed by atoms with Gasteiger partial charge in [0, 0.05) is 43.9 Å². The molecule has 69 heavy (non-hydrogen) atoms. The van der Waals surface area contributed by atoms with Gasteiger partial charge in [0.25, 0.3) is 0 Å².